The highest BCUT2D eigenvalue weighted by molar-refractivity contribution is 14.1. The van der Waals surface area contributed by atoms with E-state index in [9.17, 15) is 4.79 Å². The van der Waals surface area contributed by atoms with Crippen LogP contribution in [-0.2, 0) is 0 Å². The number of carbonyl (C=O) groups is 1. The predicted octanol–water partition coefficient (Wildman–Crippen LogP) is 5.27. The fraction of sp³-hybridized carbons (Fsp3) is 0.0714. The molecule has 1 amide bonds. The zero-order valence-electron chi connectivity index (χ0n) is 10.0. The third-order valence-electron chi connectivity index (χ3n) is 2.69. The highest BCUT2D eigenvalue weighted by atomic mass is 127. The lowest BCUT2D eigenvalue weighted by molar-refractivity contribution is 0.102. The van der Waals surface area contributed by atoms with E-state index in [0.717, 1.165) is 19.3 Å². The van der Waals surface area contributed by atoms with Crippen molar-refractivity contribution in [3.8, 4) is 0 Å². The number of carbonyl (C=O) groups excluding carboxylic acids is 1. The Morgan fingerprint density at radius 3 is 2.79 bits per heavy atom. The van der Waals surface area contributed by atoms with Gasteiger partial charge in [-0.05, 0) is 65.4 Å². The molecule has 0 aliphatic heterocycles. The Labute approximate surface area is 138 Å². The van der Waals surface area contributed by atoms with E-state index in [2.05, 4.69) is 43.8 Å². The number of hydrogen-bond donors (Lipinski definition) is 1. The SMILES string of the molecule is Cc1c(I)cccc1NC(=O)c1cc(Br)ccc1Cl. The maximum absolute atomic E-state index is 12.2. The van der Waals surface area contributed by atoms with Crippen molar-refractivity contribution in [2.75, 3.05) is 5.32 Å². The minimum Gasteiger partial charge on any atom is -0.322 e. The maximum Gasteiger partial charge on any atom is 0.257 e. The van der Waals surface area contributed by atoms with Gasteiger partial charge < -0.3 is 5.32 Å². The van der Waals surface area contributed by atoms with Gasteiger partial charge in [-0.15, -0.1) is 0 Å². The van der Waals surface area contributed by atoms with Crippen molar-refractivity contribution in [2.24, 2.45) is 0 Å². The Morgan fingerprint density at radius 2 is 2.05 bits per heavy atom. The van der Waals surface area contributed by atoms with E-state index in [4.69, 9.17) is 11.6 Å². The molecule has 0 heterocycles. The van der Waals surface area contributed by atoms with E-state index in [1.807, 2.05) is 25.1 Å². The maximum atomic E-state index is 12.2. The van der Waals surface area contributed by atoms with Crippen LogP contribution in [0.3, 0.4) is 0 Å². The van der Waals surface area contributed by atoms with Crippen LogP contribution in [0.4, 0.5) is 5.69 Å². The highest BCUT2D eigenvalue weighted by Crippen LogP contribution is 2.24. The highest BCUT2D eigenvalue weighted by Gasteiger charge is 2.12. The zero-order chi connectivity index (χ0) is 14.0. The van der Waals surface area contributed by atoms with Crippen molar-refractivity contribution in [3.05, 3.63) is 60.6 Å². The topological polar surface area (TPSA) is 29.1 Å². The molecular formula is C14H10BrClINO. The van der Waals surface area contributed by atoms with Crippen LogP contribution in [0.2, 0.25) is 5.02 Å². The fourth-order valence-electron chi connectivity index (χ4n) is 1.60. The van der Waals surface area contributed by atoms with Crippen molar-refractivity contribution < 1.29 is 4.79 Å². The molecule has 2 aromatic rings. The zero-order valence-corrected chi connectivity index (χ0v) is 14.5. The fourth-order valence-corrected chi connectivity index (χ4v) is 2.67. The van der Waals surface area contributed by atoms with Crippen molar-refractivity contribution in [1.29, 1.82) is 0 Å². The van der Waals surface area contributed by atoms with Gasteiger partial charge in [-0.3, -0.25) is 4.79 Å². The summed E-state index contributed by atoms with van der Waals surface area (Å²) in [7, 11) is 0. The quantitative estimate of drug-likeness (QED) is 0.621. The van der Waals surface area contributed by atoms with Gasteiger partial charge in [0.15, 0.2) is 0 Å². The van der Waals surface area contributed by atoms with Crippen molar-refractivity contribution >= 4 is 61.7 Å². The van der Waals surface area contributed by atoms with Crippen LogP contribution in [0.5, 0.6) is 0 Å². The standard InChI is InChI=1S/C14H10BrClINO/c1-8-12(17)3-2-4-13(8)18-14(19)10-7-9(15)5-6-11(10)16/h2-7H,1H3,(H,18,19). The van der Waals surface area contributed by atoms with Gasteiger partial charge in [0.25, 0.3) is 5.91 Å². The second-order valence-corrected chi connectivity index (χ2v) is 6.48. The Hall–Kier alpha value is -0.590. The van der Waals surface area contributed by atoms with Crippen LogP contribution in [0.1, 0.15) is 15.9 Å². The molecule has 2 nitrogen and oxygen atoms in total. The van der Waals surface area contributed by atoms with Gasteiger partial charge in [0.2, 0.25) is 0 Å². The van der Waals surface area contributed by atoms with Crippen LogP contribution >= 0.6 is 50.1 Å². The van der Waals surface area contributed by atoms with Gasteiger partial charge in [-0.25, -0.2) is 0 Å². The normalized spacial score (nSPS) is 10.3. The molecule has 0 fully saturated rings. The molecule has 2 aromatic carbocycles. The van der Waals surface area contributed by atoms with Crippen LogP contribution in [0.15, 0.2) is 40.9 Å². The van der Waals surface area contributed by atoms with Crippen molar-refractivity contribution in [3.63, 3.8) is 0 Å². The molecule has 0 aromatic heterocycles. The van der Waals surface area contributed by atoms with Gasteiger partial charge in [0.1, 0.15) is 0 Å². The van der Waals surface area contributed by atoms with Gasteiger partial charge in [0, 0.05) is 13.7 Å². The molecule has 0 saturated heterocycles. The number of halogens is 3. The van der Waals surface area contributed by atoms with Gasteiger partial charge in [-0.2, -0.15) is 0 Å². The number of nitrogens with one attached hydrogen (secondary N) is 1. The Bertz CT molecular complexity index is 645. The van der Waals surface area contributed by atoms with Crippen LogP contribution in [0.25, 0.3) is 0 Å². The van der Waals surface area contributed by atoms with E-state index in [1.54, 1.807) is 18.2 Å². The molecule has 0 spiro atoms. The first kappa shape index (κ1) is 14.8. The number of amides is 1. The molecule has 98 valence electrons. The lowest BCUT2D eigenvalue weighted by Crippen LogP contribution is -2.13. The summed E-state index contributed by atoms with van der Waals surface area (Å²) in [4.78, 5) is 12.2. The minimum absolute atomic E-state index is 0.212. The summed E-state index contributed by atoms with van der Waals surface area (Å²) in [6.45, 7) is 1.97. The van der Waals surface area contributed by atoms with E-state index in [0.29, 0.717) is 10.6 Å². The molecule has 1 N–H and O–H groups in total. The van der Waals surface area contributed by atoms with Crippen LogP contribution in [-0.4, -0.2) is 5.91 Å². The predicted molar refractivity (Wildman–Crippen MR) is 91.0 cm³/mol. The van der Waals surface area contributed by atoms with E-state index in [-0.39, 0.29) is 5.91 Å². The molecule has 19 heavy (non-hydrogen) atoms. The summed E-state index contributed by atoms with van der Waals surface area (Å²) >= 11 is 11.6. The lowest BCUT2D eigenvalue weighted by atomic mass is 10.1. The van der Waals surface area contributed by atoms with E-state index in [1.165, 1.54) is 0 Å². The number of anilines is 1. The number of benzene rings is 2. The summed E-state index contributed by atoms with van der Waals surface area (Å²) in [6, 6.07) is 11.0. The monoisotopic (exact) mass is 449 g/mol. The van der Waals surface area contributed by atoms with Crippen molar-refractivity contribution in [2.45, 2.75) is 6.92 Å². The molecule has 5 heteroatoms. The summed E-state index contributed by atoms with van der Waals surface area (Å²) in [6.07, 6.45) is 0. The summed E-state index contributed by atoms with van der Waals surface area (Å²) in [5.74, 6) is -0.212. The summed E-state index contributed by atoms with van der Waals surface area (Å²) in [5, 5.41) is 3.32. The molecular weight excluding hydrogens is 440 g/mol. The smallest absolute Gasteiger partial charge is 0.257 e. The van der Waals surface area contributed by atoms with Gasteiger partial charge >= 0.3 is 0 Å². The minimum atomic E-state index is -0.212. The van der Waals surface area contributed by atoms with Gasteiger partial charge in [0.05, 0.1) is 10.6 Å². The molecule has 0 bridgehead atoms. The van der Waals surface area contributed by atoms with E-state index >= 15 is 0 Å². The average Bonchev–Trinajstić information content (AvgIpc) is 2.38. The molecule has 0 atom stereocenters. The Kier molecular flexibility index (Phi) is 4.86. The Balaban J connectivity index is 2.31. The molecule has 2 rings (SSSR count). The molecule has 0 aliphatic carbocycles. The Morgan fingerprint density at radius 1 is 1.32 bits per heavy atom. The van der Waals surface area contributed by atoms with Gasteiger partial charge in [-0.1, -0.05) is 33.6 Å². The largest absolute Gasteiger partial charge is 0.322 e. The first-order valence-electron chi connectivity index (χ1n) is 5.50. The first-order chi connectivity index (χ1) is 8.99. The molecule has 0 radical (unpaired) electrons. The molecule has 0 unspecified atom stereocenters. The third-order valence-corrected chi connectivity index (χ3v) is 4.68. The third kappa shape index (κ3) is 3.49. The lowest BCUT2D eigenvalue weighted by Gasteiger charge is -2.10. The number of rotatable bonds is 2. The second kappa shape index (κ2) is 6.24. The second-order valence-electron chi connectivity index (χ2n) is 3.99. The summed E-state index contributed by atoms with van der Waals surface area (Å²) < 4.78 is 1.93. The van der Waals surface area contributed by atoms with E-state index < -0.39 is 0 Å². The first-order valence-corrected chi connectivity index (χ1v) is 7.75. The average molecular weight is 451 g/mol. The van der Waals surface area contributed by atoms with Crippen LogP contribution in [0, 0.1) is 10.5 Å². The van der Waals surface area contributed by atoms with Crippen LogP contribution < -0.4 is 5.32 Å². The molecule has 0 aliphatic rings. The summed E-state index contributed by atoms with van der Waals surface area (Å²) in [5.41, 5.74) is 2.30. The van der Waals surface area contributed by atoms with Crippen molar-refractivity contribution in [1.82, 2.24) is 0 Å². The number of hydrogen-bond acceptors (Lipinski definition) is 1. The molecule has 0 saturated carbocycles.